The molecule has 142 valence electrons. The van der Waals surface area contributed by atoms with Crippen LogP contribution in [0.5, 0.6) is 5.75 Å². The molecule has 0 fully saturated rings. The number of aryl methyl sites for hydroxylation is 2. The van der Waals surface area contributed by atoms with E-state index in [-0.39, 0.29) is 24.3 Å². The van der Waals surface area contributed by atoms with Crippen molar-refractivity contribution in [2.45, 2.75) is 52.4 Å². The zero-order valence-corrected chi connectivity index (χ0v) is 16.8. The molecule has 0 spiro atoms. The molecule has 1 amide bonds. The molecule has 0 aliphatic carbocycles. The minimum atomic E-state index is -0.0488. The van der Waals surface area contributed by atoms with Crippen LogP contribution < -0.4 is 15.9 Å². The Bertz CT molecular complexity index is 760. The van der Waals surface area contributed by atoms with Gasteiger partial charge in [-0.15, -0.1) is 10.2 Å². The van der Waals surface area contributed by atoms with Gasteiger partial charge in [0.1, 0.15) is 12.4 Å². The number of hydrogen-bond donors (Lipinski definition) is 2. The number of hydrogen-bond acceptors (Lipinski definition) is 6. The standard InChI is InChI=1S/C18H27N5O2S/c1-11(2)14(5)20-17(24)10-26-18-22-21-16(23(18)19)9-25-15-7-6-12(3)8-13(15)4/h6-8,11,14H,9-10,19H2,1-5H3,(H,20,24)/t14-/m1/s1. The largest absolute Gasteiger partial charge is 0.485 e. The summed E-state index contributed by atoms with van der Waals surface area (Å²) in [5.41, 5.74) is 2.24. The summed E-state index contributed by atoms with van der Waals surface area (Å²) in [5, 5.41) is 11.5. The lowest BCUT2D eigenvalue weighted by Crippen LogP contribution is -2.37. The number of nitrogens with one attached hydrogen (secondary N) is 1. The second-order valence-electron chi connectivity index (χ2n) is 6.72. The van der Waals surface area contributed by atoms with E-state index in [1.54, 1.807) is 0 Å². The number of thioether (sulfide) groups is 1. The third-order valence-electron chi connectivity index (χ3n) is 4.14. The third-order valence-corrected chi connectivity index (χ3v) is 5.09. The van der Waals surface area contributed by atoms with Crippen molar-refractivity contribution >= 4 is 17.7 Å². The molecular formula is C18H27N5O2S. The van der Waals surface area contributed by atoms with E-state index in [1.165, 1.54) is 22.0 Å². The maximum absolute atomic E-state index is 12.0. The molecule has 0 saturated carbocycles. The van der Waals surface area contributed by atoms with Gasteiger partial charge in [0.15, 0.2) is 5.82 Å². The van der Waals surface area contributed by atoms with Crippen LogP contribution in [0, 0.1) is 19.8 Å². The smallest absolute Gasteiger partial charge is 0.230 e. The first kappa shape index (κ1) is 20.1. The fourth-order valence-electron chi connectivity index (χ4n) is 2.20. The summed E-state index contributed by atoms with van der Waals surface area (Å²) < 4.78 is 7.15. The highest BCUT2D eigenvalue weighted by Gasteiger charge is 2.15. The Balaban J connectivity index is 1.90. The molecule has 0 bridgehead atoms. The van der Waals surface area contributed by atoms with Crippen LogP contribution in [0.1, 0.15) is 37.7 Å². The first-order valence-electron chi connectivity index (χ1n) is 8.59. The number of nitrogens with two attached hydrogens (primary N) is 1. The number of nitrogens with zero attached hydrogens (tertiary/aromatic N) is 3. The second-order valence-corrected chi connectivity index (χ2v) is 7.66. The van der Waals surface area contributed by atoms with E-state index in [9.17, 15) is 4.79 Å². The Kier molecular flexibility index (Phi) is 6.90. The van der Waals surface area contributed by atoms with Crippen molar-refractivity contribution < 1.29 is 9.53 Å². The van der Waals surface area contributed by atoms with Crippen molar-refractivity contribution in [2.75, 3.05) is 11.6 Å². The summed E-state index contributed by atoms with van der Waals surface area (Å²) >= 11 is 1.25. The summed E-state index contributed by atoms with van der Waals surface area (Å²) in [7, 11) is 0. The first-order chi connectivity index (χ1) is 12.3. The van der Waals surface area contributed by atoms with E-state index in [0.717, 1.165) is 11.3 Å². The monoisotopic (exact) mass is 377 g/mol. The summed E-state index contributed by atoms with van der Waals surface area (Å²) in [6.07, 6.45) is 0. The van der Waals surface area contributed by atoms with Gasteiger partial charge in [0.05, 0.1) is 5.75 Å². The second kappa shape index (κ2) is 8.93. The summed E-state index contributed by atoms with van der Waals surface area (Å²) in [5.74, 6) is 7.89. The molecule has 1 aromatic carbocycles. The number of aromatic nitrogens is 3. The number of ether oxygens (including phenoxy) is 1. The van der Waals surface area contributed by atoms with Crippen LogP contribution in [0.2, 0.25) is 0 Å². The van der Waals surface area contributed by atoms with Gasteiger partial charge < -0.3 is 15.9 Å². The Morgan fingerprint density at radius 2 is 2.04 bits per heavy atom. The maximum atomic E-state index is 12.0. The summed E-state index contributed by atoms with van der Waals surface area (Å²) in [6, 6.07) is 6.10. The summed E-state index contributed by atoms with van der Waals surface area (Å²) in [4.78, 5) is 12.0. The third kappa shape index (κ3) is 5.39. The Hall–Kier alpha value is -2.22. The van der Waals surface area contributed by atoms with Crippen LogP contribution in [0.4, 0.5) is 0 Å². The lowest BCUT2D eigenvalue weighted by atomic mass is 10.1. The highest BCUT2D eigenvalue weighted by molar-refractivity contribution is 7.99. The fourth-order valence-corrected chi connectivity index (χ4v) is 2.89. The molecular weight excluding hydrogens is 350 g/mol. The summed E-state index contributed by atoms with van der Waals surface area (Å²) in [6.45, 7) is 10.4. The number of carbonyl (C=O) groups is 1. The Morgan fingerprint density at radius 3 is 2.69 bits per heavy atom. The van der Waals surface area contributed by atoms with Crippen LogP contribution in [0.15, 0.2) is 23.4 Å². The van der Waals surface area contributed by atoms with Gasteiger partial charge in [-0.3, -0.25) is 4.79 Å². The quantitative estimate of drug-likeness (QED) is 0.542. The normalized spacial score (nSPS) is 12.2. The molecule has 1 heterocycles. The maximum Gasteiger partial charge on any atom is 0.230 e. The van der Waals surface area contributed by atoms with Crippen LogP contribution in [0.3, 0.4) is 0 Å². The van der Waals surface area contributed by atoms with Gasteiger partial charge in [0.2, 0.25) is 11.1 Å². The van der Waals surface area contributed by atoms with Gasteiger partial charge in [-0.25, -0.2) is 4.68 Å². The molecule has 3 N–H and O–H groups in total. The minimum Gasteiger partial charge on any atom is -0.485 e. The van der Waals surface area contributed by atoms with Gasteiger partial charge in [-0.2, -0.15) is 0 Å². The van der Waals surface area contributed by atoms with Gasteiger partial charge in [-0.05, 0) is 38.3 Å². The number of benzene rings is 1. The lowest BCUT2D eigenvalue weighted by Gasteiger charge is -2.17. The topological polar surface area (TPSA) is 95.1 Å². The minimum absolute atomic E-state index is 0.0488. The van der Waals surface area contributed by atoms with Crippen molar-refractivity contribution in [3.8, 4) is 5.75 Å². The van der Waals surface area contributed by atoms with E-state index >= 15 is 0 Å². The average molecular weight is 378 g/mol. The van der Waals surface area contributed by atoms with Crippen molar-refractivity contribution in [3.63, 3.8) is 0 Å². The van der Waals surface area contributed by atoms with E-state index in [0.29, 0.717) is 16.9 Å². The molecule has 0 aliphatic rings. The molecule has 26 heavy (non-hydrogen) atoms. The number of carbonyl (C=O) groups excluding carboxylic acids is 1. The van der Waals surface area contributed by atoms with Crippen LogP contribution in [-0.2, 0) is 11.4 Å². The van der Waals surface area contributed by atoms with Crippen LogP contribution in [0.25, 0.3) is 0 Å². The molecule has 2 aromatic rings. The van der Waals surface area contributed by atoms with E-state index in [4.69, 9.17) is 10.6 Å². The fraction of sp³-hybridized carbons (Fsp3) is 0.500. The van der Waals surface area contributed by atoms with E-state index < -0.39 is 0 Å². The number of rotatable bonds is 8. The predicted molar refractivity (Wildman–Crippen MR) is 104 cm³/mol. The Morgan fingerprint density at radius 1 is 1.31 bits per heavy atom. The lowest BCUT2D eigenvalue weighted by molar-refractivity contribution is -0.119. The average Bonchev–Trinajstić information content (AvgIpc) is 2.92. The predicted octanol–water partition coefficient (Wildman–Crippen LogP) is 2.44. The van der Waals surface area contributed by atoms with Gasteiger partial charge >= 0.3 is 0 Å². The molecule has 0 saturated heterocycles. The molecule has 2 rings (SSSR count). The van der Waals surface area contributed by atoms with Gasteiger partial charge in [0, 0.05) is 6.04 Å². The first-order valence-corrected chi connectivity index (χ1v) is 9.58. The highest BCUT2D eigenvalue weighted by Crippen LogP contribution is 2.20. The highest BCUT2D eigenvalue weighted by atomic mass is 32.2. The molecule has 8 heteroatoms. The van der Waals surface area contributed by atoms with Crippen molar-refractivity contribution in [2.24, 2.45) is 5.92 Å². The van der Waals surface area contributed by atoms with Crippen LogP contribution in [-0.4, -0.2) is 32.6 Å². The van der Waals surface area contributed by atoms with Gasteiger partial charge in [-0.1, -0.05) is 43.3 Å². The van der Waals surface area contributed by atoms with E-state index in [1.807, 2.05) is 32.9 Å². The molecule has 0 radical (unpaired) electrons. The van der Waals surface area contributed by atoms with Crippen molar-refractivity contribution in [3.05, 3.63) is 35.2 Å². The zero-order chi connectivity index (χ0) is 19.3. The van der Waals surface area contributed by atoms with Gasteiger partial charge in [0.25, 0.3) is 0 Å². The number of amides is 1. The molecule has 0 unspecified atom stereocenters. The Labute approximate surface area is 158 Å². The molecule has 7 nitrogen and oxygen atoms in total. The van der Waals surface area contributed by atoms with Crippen molar-refractivity contribution in [1.82, 2.24) is 20.2 Å². The van der Waals surface area contributed by atoms with Crippen molar-refractivity contribution in [1.29, 1.82) is 0 Å². The number of nitrogen functional groups attached to an aromatic ring is 1. The van der Waals surface area contributed by atoms with E-state index in [2.05, 4.69) is 35.4 Å². The zero-order valence-electron chi connectivity index (χ0n) is 15.9. The molecule has 1 atom stereocenters. The van der Waals surface area contributed by atoms with Crippen LogP contribution >= 0.6 is 11.8 Å². The SMILES string of the molecule is Cc1ccc(OCc2nnc(SCC(=O)N[C@H](C)C(C)C)n2N)c(C)c1. The molecule has 0 aliphatic heterocycles. The molecule has 1 aromatic heterocycles.